The lowest BCUT2D eigenvalue weighted by Crippen LogP contribution is -2.15. The van der Waals surface area contributed by atoms with E-state index in [1.807, 2.05) is 42.5 Å². The van der Waals surface area contributed by atoms with Crippen molar-refractivity contribution in [2.75, 3.05) is 5.32 Å². The number of hydrogen-bond acceptors (Lipinski definition) is 5. The third-order valence-electron chi connectivity index (χ3n) is 3.74. The van der Waals surface area contributed by atoms with E-state index in [-0.39, 0.29) is 12.3 Å². The number of anilines is 1. The van der Waals surface area contributed by atoms with Gasteiger partial charge in [0.15, 0.2) is 11.4 Å². The van der Waals surface area contributed by atoms with Crippen LogP contribution in [-0.4, -0.2) is 25.8 Å². The molecule has 1 amide bonds. The molecule has 1 aromatic carbocycles. The summed E-state index contributed by atoms with van der Waals surface area (Å²) in [7, 11) is 0. The maximum absolute atomic E-state index is 12.2. The number of pyridine rings is 1. The smallest absolute Gasteiger partial charge is 0.231 e. The van der Waals surface area contributed by atoms with Gasteiger partial charge in [0, 0.05) is 23.8 Å². The van der Waals surface area contributed by atoms with Gasteiger partial charge in [0.1, 0.15) is 5.69 Å². The minimum absolute atomic E-state index is 0.129. The van der Waals surface area contributed by atoms with Crippen molar-refractivity contribution in [1.82, 2.24) is 19.9 Å². The van der Waals surface area contributed by atoms with Crippen LogP contribution in [0.5, 0.6) is 0 Å². The molecule has 25 heavy (non-hydrogen) atoms. The molecule has 4 rings (SSSR count). The topological polar surface area (TPSA) is 85.8 Å². The Morgan fingerprint density at radius 1 is 1.12 bits per heavy atom. The van der Waals surface area contributed by atoms with E-state index >= 15 is 0 Å². The number of rotatable bonds is 5. The Bertz CT molecular complexity index is 1010. The van der Waals surface area contributed by atoms with Gasteiger partial charge in [0.25, 0.3) is 0 Å². The van der Waals surface area contributed by atoms with Crippen LogP contribution < -0.4 is 5.32 Å². The number of fused-ring (bicyclic) bond motifs is 1. The van der Waals surface area contributed by atoms with E-state index in [1.54, 1.807) is 23.1 Å². The van der Waals surface area contributed by atoms with Gasteiger partial charge in [0.2, 0.25) is 5.91 Å². The second-order valence-electron chi connectivity index (χ2n) is 5.57. The number of aromatic nitrogens is 4. The molecule has 0 aliphatic heterocycles. The highest BCUT2D eigenvalue weighted by molar-refractivity contribution is 5.93. The summed E-state index contributed by atoms with van der Waals surface area (Å²) in [5.74, 6) is 0.302. The van der Waals surface area contributed by atoms with E-state index in [1.165, 1.54) is 0 Å². The first-order valence-corrected chi connectivity index (χ1v) is 7.84. The molecule has 4 aromatic rings. The van der Waals surface area contributed by atoms with Crippen molar-refractivity contribution in [3.63, 3.8) is 0 Å². The molecule has 0 saturated heterocycles. The maximum atomic E-state index is 12.2. The van der Waals surface area contributed by atoms with Gasteiger partial charge in [0.05, 0.1) is 18.7 Å². The van der Waals surface area contributed by atoms with Crippen LogP contribution in [0.1, 0.15) is 11.4 Å². The molecule has 0 aliphatic rings. The third kappa shape index (κ3) is 3.40. The summed E-state index contributed by atoms with van der Waals surface area (Å²) < 4.78 is 6.94. The van der Waals surface area contributed by atoms with Crippen molar-refractivity contribution in [1.29, 1.82) is 0 Å². The molecule has 0 unspecified atom stereocenters. The molecule has 7 heteroatoms. The average molecular weight is 333 g/mol. The Hall–Kier alpha value is -3.48. The summed E-state index contributed by atoms with van der Waals surface area (Å²) in [4.78, 5) is 16.5. The fourth-order valence-electron chi connectivity index (χ4n) is 2.58. The van der Waals surface area contributed by atoms with Gasteiger partial charge >= 0.3 is 0 Å². The first kappa shape index (κ1) is 15.1. The molecule has 0 radical (unpaired) electrons. The Balaban J connectivity index is 1.41. The SMILES string of the molecule is O=C(Cc1noc2ccccc12)Nc1ccn(Cc2ccccn2)n1. The molecule has 3 aromatic heterocycles. The number of nitrogens with zero attached hydrogens (tertiary/aromatic N) is 4. The van der Waals surface area contributed by atoms with Crippen LogP contribution in [0.2, 0.25) is 0 Å². The average Bonchev–Trinajstić information content (AvgIpc) is 3.23. The molecular weight excluding hydrogens is 318 g/mol. The van der Waals surface area contributed by atoms with Gasteiger partial charge in [-0.05, 0) is 24.3 Å². The summed E-state index contributed by atoms with van der Waals surface area (Å²) in [6, 6.07) is 14.9. The molecule has 124 valence electrons. The van der Waals surface area contributed by atoms with Crippen LogP contribution in [0.4, 0.5) is 5.82 Å². The van der Waals surface area contributed by atoms with Gasteiger partial charge < -0.3 is 9.84 Å². The van der Waals surface area contributed by atoms with Gasteiger partial charge in [-0.3, -0.25) is 14.5 Å². The molecule has 0 saturated carbocycles. The van der Waals surface area contributed by atoms with Crippen molar-refractivity contribution < 1.29 is 9.32 Å². The first-order valence-electron chi connectivity index (χ1n) is 7.84. The zero-order valence-corrected chi connectivity index (χ0v) is 13.3. The lowest BCUT2D eigenvalue weighted by atomic mass is 10.1. The predicted molar refractivity (Wildman–Crippen MR) is 91.9 cm³/mol. The Morgan fingerprint density at radius 2 is 2.00 bits per heavy atom. The molecule has 3 heterocycles. The zero-order chi connectivity index (χ0) is 17.1. The van der Waals surface area contributed by atoms with Crippen LogP contribution in [0.3, 0.4) is 0 Å². The van der Waals surface area contributed by atoms with E-state index in [2.05, 4.69) is 20.6 Å². The number of para-hydroxylation sites is 1. The zero-order valence-electron chi connectivity index (χ0n) is 13.3. The molecule has 0 fully saturated rings. The number of nitrogens with one attached hydrogen (secondary N) is 1. The standard InChI is InChI=1S/C18H15N5O2/c24-18(11-15-14-6-1-2-7-16(14)25-22-15)20-17-8-10-23(21-17)12-13-5-3-4-9-19-13/h1-10H,11-12H2,(H,20,21,24). The van der Waals surface area contributed by atoms with Crippen LogP contribution in [0.15, 0.2) is 65.4 Å². The van der Waals surface area contributed by atoms with Crippen LogP contribution in [-0.2, 0) is 17.8 Å². The van der Waals surface area contributed by atoms with Gasteiger partial charge in [-0.25, -0.2) is 0 Å². The lowest BCUT2D eigenvalue weighted by molar-refractivity contribution is -0.115. The fourth-order valence-corrected chi connectivity index (χ4v) is 2.58. The minimum Gasteiger partial charge on any atom is -0.356 e. The highest BCUT2D eigenvalue weighted by atomic mass is 16.5. The highest BCUT2D eigenvalue weighted by Gasteiger charge is 2.13. The number of carbonyl (C=O) groups excluding carboxylic acids is 1. The Morgan fingerprint density at radius 3 is 2.88 bits per heavy atom. The number of carbonyl (C=O) groups is 1. The summed E-state index contributed by atoms with van der Waals surface area (Å²) in [6.07, 6.45) is 3.67. The van der Waals surface area contributed by atoms with Crippen molar-refractivity contribution in [3.05, 3.63) is 72.3 Å². The molecular formula is C18H15N5O2. The number of hydrogen-bond donors (Lipinski definition) is 1. The second kappa shape index (κ2) is 6.56. The largest absolute Gasteiger partial charge is 0.356 e. The normalized spacial score (nSPS) is 10.9. The highest BCUT2D eigenvalue weighted by Crippen LogP contribution is 2.18. The van der Waals surface area contributed by atoms with Crippen LogP contribution in [0, 0.1) is 0 Å². The molecule has 7 nitrogen and oxygen atoms in total. The molecule has 1 N–H and O–H groups in total. The lowest BCUT2D eigenvalue weighted by Gasteiger charge is -2.02. The van der Waals surface area contributed by atoms with Crippen LogP contribution in [0.25, 0.3) is 11.0 Å². The Kier molecular flexibility index (Phi) is 3.96. The summed E-state index contributed by atoms with van der Waals surface area (Å²) in [5.41, 5.74) is 2.18. The van der Waals surface area contributed by atoms with E-state index in [0.29, 0.717) is 23.6 Å². The van der Waals surface area contributed by atoms with Gasteiger partial charge in [-0.15, -0.1) is 0 Å². The van der Waals surface area contributed by atoms with Crippen molar-refractivity contribution in [3.8, 4) is 0 Å². The molecule has 0 aliphatic carbocycles. The first-order chi connectivity index (χ1) is 12.3. The monoisotopic (exact) mass is 333 g/mol. The van der Waals surface area contributed by atoms with Gasteiger partial charge in [-0.1, -0.05) is 23.4 Å². The predicted octanol–water partition coefficient (Wildman–Crippen LogP) is 2.65. The molecule has 0 bridgehead atoms. The Labute approximate surface area is 143 Å². The second-order valence-corrected chi connectivity index (χ2v) is 5.57. The fraction of sp³-hybridized carbons (Fsp3) is 0.111. The van der Waals surface area contributed by atoms with Crippen molar-refractivity contribution >= 4 is 22.7 Å². The van der Waals surface area contributed by atoms with E-state index in [4.69, 9.17) is 4.52 Å². The summed E-state index contributed by atoms with van der Waals surface area (Å²) >= 11 is 0. The van der Waals surface area contributed by atoms with Gasteiger partial charge in [-0.2, -0.15) is 5.10 Å². The van der Waals surface area contributed by atoms with E-state index < -0.39 is 0 Å². The number of benzene rings is 1. The minimum atomic E-state index is -0.192. The van der Waals surface area contributed by atoms with Crippen molar-refractivity contribution in [2.24, 2.45) is 0 Å². The maximum Gasteiger partial charge on any atom is 0.231 e. The third-order valence-corrected chi connectivity index (χ3v) is 3.74. The van der Waals surface area contributed by atoms with E-state index in [9.17, 15) is 4.79 Å². The number of amides is 1. The van der Waals surface area contributed by atoms with Crippen LogP contribution >= 0.6 is 0 Å². The van der Waals surface area contributed by atoms with Crippen molar-refractivity contribution in [2.45, 2.75) is 13.0 Å². The van der Waals surface area contributed by atoms with E-state index in [0.717, 1.165) is 11.1 Å². The summed E-state index contributed by atoms with van der Waals surface area (Å²) in [5, 5.41) is 11.9. The molecule has 0 spiro atoms. The molecule has 0 atom stereocenters. The quantitative estimate of drug-likeness (QED) is 0.607. The summed E-state index contributed by atoms with van der Waals surface area (Å²) in [6.45, 7) is 0.546.